The molecule has 1 saturated heterocycles. The van der Waals surface area contributed by atoms with Crippen LogP contribution in [0.1, 0.15) is 43.9 Å². The smallest absolute Gasteiger partial charge is 0.0574 e. The number of anilines is 2. The molecule has 0 spiro atoms. The van der Waals surface area contributed by atoms with E-state index in [0.29, 0.717) is 0 Å². The minimum absolute atomic E-state index is 0.121. The van der Waals surface area contributed by atoms with Crippen LogP contribution in [-0.4, -0.2) is 24.3 Å². The molecule has 0 amide bonds. The summed E-state index contributed by atoms with van der Waals surface area (Å²) in [5.74, 6) is 0. The van der Waals surface area contributed by atoms with Gasteiger partial charge in [-0.3, -0.25) is 0 Å². The van der Waals surface area contributed by atoms with Gasteiger partial charge in [-0.15, -0.1) is 0 Å². The van der Waals surface area contributed by atoms with Crippen molar-refractivity contribution in [3.8, 4) is 0 Å². The van der Waals surface area contributed by atoms with Crippen LogP contribution in [0.3, 0.4) is 0 Å². The van der Waals surface area contributed by atoms with Crippen molar-refractivity contribution in [1.82, 2.24) is 0 Å². The Morgan fingerprint density at radius 3 is 2.25 bits per heavy atom. The van der Waals surface area contributed by atoms with Crippen LogP contribution in [0.15, 0.2) is 48.5 Å². The fourth-order valence-electron chi connectivity index (χ4n) is 3.27. The summed E-state index contributed by atoms with van der Waals surface area (Å²) in [4.78, 5) is 2.36. The summed E-state index contributed by atoms with van der Waals surface area (Å²) in [6, 6.07) is 17.8. The standard InChI is InChI=1S/C21H28N2O/c1-3-17-4-8-19(9-5-17)22-16(2)18-6-10-20(11-7-18)23-14-12-21(24)13-15-23/h4-11,16,21-22,24H,3,12-15H2,1-2H3. The van der Waals surface area contributed by atoms with E-state index < -0.39 is 0 Å². The third kappa shape index (κ3) is 4.09. The molecule has 128 valence electrons. The highest BCUT2D eigenvalue weighted by Crippen LogP contribution is 2.24. The van der Waals surface area contributed by atoms with E-state index in [1.807, 2.05) is 0 Å². The minimum Gasteiger partial charge on any atom is -0.393 e. The van der Waals surface area contributed by atoms with E-state index in [0.717, 1.165) is 38.0 Å². The number of benzene rings is 2. The molecule has 0 saturated carbocycles. The van der Waals surface area contributed by atoms with Gasteiger partial charge in [-0.05, 0) is 61.6 Å². The Morgan fingerprint density at radius 1 is 1.04 bits per heavy atom. The Labute approximate surface area is 145 Å². The predicted octanol–water partition coefficient (Wildman–Crippen LogP) is 4.38. The van der Waals surface area contributed by atoms with Gasteiger partial charge in [-0.25, -0.2) is 0 Å². The van der Waals surface area contributed by atoms with Crippen LogP contribution in [0, 0.1) is 0 Å². The molecule has 2 N–H and O–H groups in total. The van der Waals surface area contributed by atoms with Crippen LogP contribution in [0.2, 0.25) is 0 Å². The molecule has 2 aromatic carbocycles. The molecule has 3 heteroatoms. The molecule has 1 fully saturated rings. The first kappa shape index (κ1) is 16.8. The number of nitrogens with one attached hydrogen (secondary N) is 1. The maximum atomic E-state index is 9.63. The van der Waals surface area contributed by atoms with E-state index >= 15 is 0 Å². The van der Waals surface area contributed by atoms with Gasteiger partial charge in [0.1, 0.15) is 0 Å². The number of rotatable bonds is 5. The molecular formula is C21H28N2O. The van der Waals surface area contributed by atoms with E-state index in [1.54, 1.807) is 0 Å². The summed E-state index contributed by atoms with van der Waals surface area (Å²) in [6.45, 7) is 6.26. The molecule has 0 bridgehead atoms. The van der Waals surface area contributed by atoms with Crippen molar-refractivity contribution in [3.63, 3.8) is 0 Å². The second-order valence-electron chi connectivity index (χ2n) is 6.73. The molecule has 0 aromatic heterocycles. The summed E-state index contributed by atoms with van der Waals surface area (Å²) in [5.41, 5.74) is 5.07. The maximum Gasteiger partial charge on any atom is 0.0574 e. The Balaban J connectivity index is 1.61. The van der Waals surface area contributed by atoms with Gasteiger partial charge in [0.25, 0.3) is 0 Å². The second-order valence-corrected chi connectivity index (χ2v) is 6.73. The van der Waals surface area contributed by atoms with Gasteiger partial charge in [0.15, 0.2) is 0 Å². The second kappa shape index (κ2) is 7.71. The summed E-state index contributed by atoms with van der Waals surface area (Å²) >= 11 is 0. The number of piperidine rings is 1. The maximum absolute atomic E-state index is 9.63. The number of nitrogens with zero attached hydrogens (tertiary/aromatic N) is 1. The Hall–Kier alpha value is -2.00. The average Bonchev–Trinajstić information content (AvgIpc) is 2.63. The van der Waals surface area contributed by atoms with Gasteiger partial charge >= 0.3 is 0 Å². The molecule has 1 aliphatic heterocycles. The molecule has 3 rings (SSSR count). The van der Waals surface area contributed by atoms with Crippen LogP contribution in [-0.2, 0) is 6.42 Å². The lowest BCUT2D eigenvalue weighted by atomic mass is 10.0. The van der Waals surface area contributed by atoms with E-state index in [9.17, 15) is 5.11 Å². The fraction of sp³-hybridized carbons (Fsp3) is 0.429. The highest BCUT2D eigenvalue weighted by atomic mass is 16.3. The van der Waals surface area contributed by atoms with Gasteiger partial charge < -0.3 is 15.3 Å². The van der Waals surface area contributed by atoms with Gasteiger partial charge in [0.05, 0.1) is 6.10 Å². The zero-order chi connectivity index (χ0) is 16.9. The van der Waals surface area contributed by atoms with E-state index in [2.05, 4.69) is 72.6 Å². The number of aliphatic hydroxyl groups is 1. The van der Waals surface area contributed by atoms with Crippen molar-refractivity contribution in [2.45, 2.75) is 45.3 Å². The molecule has 24 heavy (non-hydrogen) atoms. The lowest BCUT2D eigenvalue weighted by Crippen LogP contribution is -2.35. The molecule has 0 radical (unpaired) electrons. The highest BCUT2D eigenvalue weighted by Gasteiger charge is 2.17. The van der Waals surface area contributed by atoms with E-state index in [1.165, 1.54) is 16.8 Å². The molecule has 1 atom stereocenters. The molecule has 0 aliphatic carbocycles. The van der Waals surface area contributed by atoms with E-state index in [-0.39, 0.29) is 12.1 Å². The van der Waals surface area contributed by atoms with Crippen LogP contribution >= 0.6 is 0 Å². The number of aliphatic hydroxyl groups excluding tert-OH is 1. The molecule has 3 nitrogen and oxygen atoms in total. The van der Waals surface area contributed by atoms with Crippen molar-refractivity contribution in [2.24, 2.45) is 0 Å². The fourth-order valence-corrected chi connectivity index (χ4v) is 3.27. The molecule has 1 unspecified atom stereocenters. The zero-order valence-corrected chi connectivity index (χ0v) is 14.7. The summed E-state index contributed by atoms with van der Waals surface area (Å²) in [5, 5.41) is 13.2. The van der Waals surface area contributed by atoms with E-state index in [4.69, 9.17) is 0 Å². The number of aryl methyl sites for hydroxylation is 1. The summed E-state index contributed by atoms with van der Waals surface area (Å²) < 4.78 is 0. The van der Waals surface area contributed by atoms with Gasteiger partial charge in [0, 0.05) is 30.5 Å². The third-order valence-corrected chi connectivity index (χ3v) is 4.97. The van der Waals surface area contributed by atoms with Crippen LogP contribution < -0.4 is 10.2 Å². The first-order valence-electron chi connectivity index (χ1n) is 9.04. The van der Waals surface area contributed by atoms with Crippen molar-refractivity contribution in [1.29, 1.82) is 0 Å². The first-order valence-corrected chi connectivity index (χ1v) is 9.04. The third-order valence-electron chi connectivity index (χ3n) is 4.97. The average molecular weight is 324 g/mol. The Bertz CT molecular complexity index is 628. The topological polar surface area (TPSA) is 35.5 Å². The molecule has 1 aliphatic rings. The number of hydrogen-bond acceptors (Lipinski definition) is 3. The normalized spacial score (nSPS) is 16.9. The van der Waals surface area contributed by atoms with Crippen molar-refractivity contribution in [3.05, 3.63) is 59.7 Å². The van der Waals surface area contributed by atoms with Crippen LogP contribution in [0.5, 0.6) is 0 Å². The van der Waals surface area contributed by atoms with Crippen molar-refractivity contribution in [2.75, 3.05) is 23.3 Å². The molecular weight excluding hydrogens is 296 g/mol. The quantitative estimate of drug-likeness (QED) is 0.856. The lowest BCUT2D eigenvalue weighted by molar-refractivity contribution is 0.145. The Kier molecular flexibility index (Phi) is 5.41. The van der Waals surface area contributed by atoms with Crippen molar-refractivity contribution >= 4 is 11.4 Å². The van der Waals surface area contributed by atoms with Crippen LogP contribution in [0.4, 0.5) is 11.4 Å². The first-order chi connectivity index (χ1) is 11.7. The molecule has 1 heterocycles. The minimum atomic E-state index is -0.121. The van der Waals surface area contributed by atoms with Crippen LogP contribution in [0.25, 0.3) is 0 Å². The summed E-state index contributed by atoms with van der Waals surface area (Å²) in [7, 11) is 0. The summed E-state index contributed by atoms with van der Waals surface area (Å²) in [6.07, 6.45) is 2.69. The van der Waals surface area contributed by atoms with Crippen molar-refractivity contribution < 1.29 is 5.11 Å². The number of hydrogen-bond donors (Lipinski definition) is 2. The molecule has 2 aromatic rings. The Morgan fingerprint density at radius 2 is 1.67 bits per heavy atom. The zero-order valence-electron chi connectivity index (χ0n) is 14.7. The van der Waals surface area contributed by atoms with Gasteiger partial charge in [-0.2, -0.15) is 0 Å². The predicted molar refractivity (Wildman–Crippen MR) is 102 cm³/mol. The van der Waals surface area contributed by atoms with Gasteiger partial charge in [-0.1, -0.05) is 31.2 Å². The highest BCUT2D eigenvalue weighted by molar-refractivity contribution is 5.51. The lowest BCUT2D eigenvalue weighted by Gasteiger charge is -2.31. The monoisotopic (exact) mass is 324 g/mol. The SMILES string of the molecule is CCc1ccc(NC(C)c2ccc(N3CCC(O)CC3)cc2)cc1. The largest absolute Gasteiger partial charge is 0.393 e. The van der Waals surface area contributed by atoms with Gasteiger partial charge in [0.2, 0.25) is 0 Å².